The summed E-state index contributed by atoms with van der Waals surface area (Å²) in [6, 6.07) is 7.70. The molecule has 2 amide bonds. The smallest absolute Gasteiger partial charge is 0.458 e. The zero-order valence-corrected chi connectivity index (χ0v) is 27.6. The number of likely N-dealkylation sites (N-methyl/N-ethyl adjacent to an activating group) is 1. The number of nitrogens with one attached hydrogen (secondary N) is 2. The first-order chi connectivity index (χ1) is 22.4. The van der Waals surface area contributed by atoms with E-state index in [0.717, 1.165) is 32.1 Å². The van der Waals surface area contributed by atoms with Crippen molar-refractivity contribution in [2.75, 3.05) is 63.2 Å². The van der Waals surface area contributed by atoms with E-state index in [-0.39, 0.29) is 17.6 Å². The first kappa shape index (κ1) is 35.3. The maximum Gasteiger partial charge on any atom is 0.458 e. The minimum Gasteiger partial charge on any atom is -0.492 e. The summed E-state index contributed by atoms with van der Waals surface area (Å²) < 4.78 is 101. The van der Waals surface area contributed by atoms with Gasteiger partial charge in [0.1, 0.15) is 5.69 Å². The monoisotopic (exact) mass is 700 g/mol. The lowest BCUT2D eigenvalue weighted by molar-refractivity contribution is -0.289. The number of methoxy groups -OCH3 is 1. The van der Waals surface area contributed by atoms with Crippen LogP contribution < -0.4 is 14.8 Å². The van der Waals surface area contributed by atoms with E-state index in [9.17, 15) is 40.0 Å². The minimum absolute atomic E-state index is 0.0567. The maximum absolute atomic E-state index is 14.5. The fourth-order valence-electron chi connectivity index (χ4n) is 6.40. The molecule has 0 spiro atoms. The molecule has 0 aliphatic carbocycles. The number of aryl methyl sites for hydroxylation is 1. The van der Waals surface area contributed by atoms with Gasteiger partial charge in [0.15, 0.2) is 5.75 Å². The molecule has 3 aromatic rings. The Labute approximate surface area is 274 Å². The number of benzene rings is 2. The molecule has 3 heterocycles. The number of rotatable bonds is 9. The predicted octanol–water partition coefficient (Wildman–Crippen LogP) is 4.20. The Morgan fingerprint density at radius 2 is 1.65 bits per heavy atom. The fraction of sp³-hybridized carbons (Fsp3) is 0.484. The number of aromatic nitrogens is 1. The zero-order chi connectivity index (χ0) is 35.2. The van der Waals surface area contributed by atoms with Crippen molar-refractivity contribution in [3.05, 3.63) is 53.2 Å². The number of amides is 2. The first-order valence-electron chi connectivity index (χ1n) is 15.2. The van der Waals surface area contributed by atoms with Gasteiger partial charge in [-0.1, -0.05) is 18.2 Å². The average molecular weight is 701 g/mol. The SMILES string of the molecule is COc1c(NC(=O)c2cc3cccc(CN4CCN(C(=O)[C@@H]5CCCN5C)CC4)c3n2C)cc(C(F)(F)C(F)(F)F)cc1NS(C)(=O)=O. The van der Waals surface area contributed by atoms with E-state index in [4.69, 9.17) is 4.74 Å². The Balaban J connectivity index is 1.40. The zero-order valence-electron chi connectivity index (χ0n) is 26.8. The Kier molecular flexibility index (Phi) is 9.69. The van der Waals surface area contributed by atoms with Crippen LogP contribution >= 0.6 is 0 Å². The number of carbonyl (C=O) groups is 2. The summed E-state index contributed by atoms with van der Waals surface area (Å²) >= 11 is 0. The molecule has 5 rings (SSSR count). The number of hydrogen-bond donors (Lipinski definition) is 2. The quantitative estimate of drug-likeness (QED) is 0.322. The number of carbonyl (C=O) groups excluding carboxylic acids is 2. The van der Waals surface area contributed by atoms with Crippen LogP contribution in [0, 0.1) is 0 Å². The van der Waals surface area contributed by atoms with Crippen LogP contribution in [0.3, 0.4) is 0 Å². The number of sulfonamides is 1. The number of piperazine rings is 1. The fourth-order valence-corrected chi connectivity index (χ4v) is 6.95. The summed E-state index contributed by atoms with van der Waals surface area (Å²) in [7, 11) is 0.479. The molecule has 0 saturated carbocycles. The van der Waals surface area contributed by atoms with Crippen LogP contribution in [0.4, 0.5) is 33.3 Å². The highest BCUT2D eigenvalue weighted by Gasteiger charge is 2.59. The lowest BCUT2D eigenvalue weighted by Gasteiger charge is -2.37. The van der Waals surface area contributed by atoms with Crippen LogP contribution in [0.25, 0.3) is 10.9 Å². The van der Waals surface area contributed by atoms with Crippen LogP contribution in [0.2, 0.25) is 0 Å². The van der Waals surface area contributed by atoms with Gasteiger partial charge in [0, 0.05) is 50.7 Å². The number of hydrogen-bond acceptors (Lipinski definition) is 7. The van der Waals surface area contributed by atoms with Gasteiger partial charge in [0.25, 0.3) is 5.91 Å². The highest BCUT2D eigenvalue weighted by Crippen LogP contribution is 2.48. The van der Waals surface area contributed by atoms with Crippen molar-refractivity contribution in [2.45, 2.75) is 37.5 Å². The van der Waals surface area contributed by atoms with Gasteiger partial charge in [-0.05, 0) is 50.2 Å². The number of para-hydroxylation sites is 1. The molecule has 262 valence electrons. The highest BCUT2D eigenvalue weighted by molar-refractivity contribution is 7.92. The number of nitrogens with zero attached hydrogens (tertiary/aromatic N) is 4. The van der Waals surface area contributed by atoms with Crippen molar-refractivity contribution in [3.63, 3.8) is 0 Å². The van der Waals surface area contributed by atoms with E-state index in [2.05, 4.69) is 15.1 Å². The van der Waals surface area contributed by atoms with E-state index in [1.165, 1.54) is 0 Å². The summed E-state index contributed by atoms with van der Waals surface area (Å²) in [6.45, 7) is 3.91. The van der Waals surface area contributed by atoms with Crippen LogP contribution in [0.15, 0.2) is 36.4 Å². The number of ether oxygens (including phenoxy) is 1. The lowest BCUT2D eigenvalue weighted by atomic mass is 10.0. The Morgan fingerprint density at radius 3 is 2.23 bits per heavy atom. The van der Waals surface area contributed by atoms with E-state index in [1.54, 1.807) is 23.7 Å². The second-order valence-electron chi connectivity index (χ2n) is 12.2. The van der Waals surface area contributed by atoms with Crippen LogP contribution in [-0.4, -0.2) is 105 Å². The van der Waals surface area contributed by atoms with E-state index in [0.29, 0.717) is 62.0 Å². The average Bonchev–Trinajstić information content (AvgIpc) is 3.58. The molecule has 17 heteroatoms. The third-order valence-corrected chi connectivity index (χ3v) is 9.40. The molecule has 0 unspecified atom stereocenters. The largest absolute Gasteiger partial charge is 0.492 e. The number of anilines is 2. The molecule has 2 saturated heterocycles. The van der Waals surface area contributed by atoms with Crippen molar-refractivity contribution >= 4 is 44.1 Å². The minimum atomic E-state index is -6.01. The van der Waals surface area contributed by atoms with Crippen molar-refractivity contribution in [3.8, 4) is 5.75 Å². The first-order valence-corrected chi connectivity index (χ1v) is 17.1. The molecule has 2 aromatic carbocycles. The molecule has 11 nitrogen and oxygen atoms in total. The molecule has 2 N–H and O–H groups in total. The van der Waals surface area contributed by atoms with E-state index >= 15 is 0 Å². The number of fused-ring (bicyclic) bond motifs is 1. The summed E-state index contributed by atoms with van der Waals surface area (Å²) in [4.78, 5) is 32.8. The van der Waals surface area contributed by atoms with Crippen molar-refractivity contribution in [1.82, 2.24) is 19.3 Å². The van der Waals surface area contributed by atoms with Gasteiger partial charge in [0.05, 0.1) is 36.3 Å². The van der Waals surface area contributed by atoms with Crippen LogP contribution in [-0.2, 0) is 34.3 Å². The molecule has 1 aromatic heterocycles. The lowest BCUT2D eigenvalue weighted by Crippen LogP contribution is -2.52. The Hall–Kier alpha value is -3.96. The molecule has 2 fully saturated rings. The van der Waals surface area contributed by atoms with Gasteiger partial charge in [-0.25, -0.2) is 8.42 Å². The number of alkyl halides is 5. The summed E-state index contributed by atoms with van der Waals surface area (Å²) in [5.74, 6) is -6.56. The Bertz CT molecular complexity index is 1820. The van der Waals surface area contributed by atoms with Gasteiger partial charge in [-0.15, -0.1) is 0 Å². The summed E-state index contributed by atoms with van der Waals surface area (Å²) in [5, 5.41) is 3.02. The predicted molar refractivity (Wildman–Crippen MR) is 170 cm³/mol. The van der Waals surface area contributed by atoms with Crippen molar-refractivity contribution in [1.29, 1.82) is 0 Å². The van der Waals surface area contributed by atoms with Crippen LogP contribution in [0.1, 0.15) is 34.5 Å². The van der Waals surface area contributed by atoms with Gasteiger partial charge in [-0.3, -0.25) is 24.1 Å². The normalized spacial score (nSPS) is 18.4. The van der Waals surface area contributed by atoms with E-state index in [1.807, 2.05) is 28.8 Å². The van der Waals surface area contributed by atoms with Crippen molar-refractivity contribution in [2.24, 2.45) is 7.05 Å². The summed E-state index contributed by atoms with van der Waals surface area (Å²) in [5.41, 5.74) is -1.27. The second-order valence-corrected chi connectivity index (χ2v) is 13.9. The Morgan fingerprint density at radius 1 is 0.979 bits per heavy atom. The topological polar surface area (TPSA) is 116 Å². The molecular weight excluding hydrogens is 663 g/mol. The molecule has 2 aliphatic rings. The van der Waals surface area contributed by atoms with Gasteiger partial charge in [0.2, 0.25) is 15.9 Å². The third-order valence-electron chi connectivity index (χ3n) is 8.81. The third kappa shape index (κ3) is 7.08. The molecule has 48 heavy (non-hydrogen) atoms. The number of halogens is 5. The molecule has 1 atom stereocenters. The highest BCUT2D eigenvalue weighted by atomic mass is 32.2. The standard InChI is InChI=1S/C31H37F5N6O5S/c1-39-10-6-9-24(39)29(44)42-13-11-41(12-14-42)18-20-8-5-7-19-15-25(40(2)26(19)20)28(43)37-22-16-21(30(32,33)31(34,35)36)17-23(27(22)47-3)38-48(4,45)46/h5,7-8,15-17,24,38H,6,9-14,18H2,1-4H3,(H,37,43)/t24-/m0/s1. The van der Waals surface area contributed by atoms with Crippen molar-refractivity contribution < 1.29 is 44.7 Å². The molecule has 0 bridgehead atoms. The van der Waals surface area contributed by atoms with E-state index < -0.39 is 50.7 Å². The second kappa shape index (κ2) is 13.2. The van der Waals surface area contributed by atoms with Gasteiger partial charge >= 0.3 is 12.1 Å². The number of likely N-dealkylation sites (tertiary alicyclic amines) is 1. The summed E-state index contributed by atoms with van der Waals surface area (Å²) in [6.07, 6.45) is -3.46. The molecular formula is C31H37F5N6O5S. The van der Waals surface area contributed by atoms with Gasteiger partial charge in [-0.2, -0.15) is 22.0 Å². The van der Waals surface area contributed by atoms with Crippen LogP contribution in [0.5, 0.6) is 5.75 Å². The molecule has 0 radical (unpaired) electrons. The maximum atomic E-state index is 14.5. The van der Waals surface area contributed by atoms with Gasteiger partial charge < -0.3 is 19.5 Å². The molecule has 2 aliphatic heterocycles.